The van der Waals surface area contributed by atoms with E-state index in [2.05, 4.69) is 13.0 Å². The summed E-state index contributed by atoms with van der Waals surface area (Å²) in [5.41, 5.74) is 3.74. The molecule has 2 aliphatic heterocycles. The molecule has 1 fully saturated rings. The Bertz CT molecular complexity index is 902. The number of quaternary nitrogens is 2. The zero-order valence-corrected chi connectivity index (χ0v) is 17.8. The van der Waals surface area contributed by atoms with E-state index in [9.17, 15) is 4.79 Å². The second-order valence-electron chi connectivity index (χ2n) is 8.49. The molecule has 6 heteroatoms. The minimum absolute atomic E-state index is 0.264. The van der Waals surface area contributed by atoms with Gasteiger partial charge >= 0.3 is 5.63 Å². The highest BCUT2D eigenvalue weighted by molar-refractivity contribution is 5.86. The fraction of sp³-hybridized carbons (Fsp3) is 0.609. The van der Waals surface area contributed by atoms with Gasteiger partial charge < -0.3 is 18.8 Å². The van der Waals surface area contributed by atoms with E-state index in [-0.39, 0.29) is 5.63 Å². The predicted octanol–water partition coefficient (Wildman–Crippen LogP) is 0.484. The van der Waals surface area contributed by atoms with Gasteiger partial charge in [0.15, 0.2) is 0 Å². The number of aryl methyl sites for hydroxylation is 2. The first-order chi connectivity index (χ1) is 14.2. The molecule has 6 nitrogen and oxygen atoms in total. The molecular formula is C23H34N2O4+2. The first-order valence-electron chi connectivity index (χ1n) is 11.1. The van der Waals surface area contributed by atoms with Crippen LogP contribution in [-0.4, -0.2) is 46.1 Å². The Morgan fingerprint density at radius 3 is 2.66 bits per heavy atom. The smallest absolute Gasteiger partial charge is 0.336 e. The minimum Gasteiger partial charge on any atom is -0.444 e. The fourth-order valence-corrected chi connectivity index (χ4v) is 4.63. The molecule has 0 spiro atoms. The van der Waals surface area contributed by atoms with Crippen molar-refractivity contribution in [2.45, 2.75) is 46.1 Å². The molecule has 4 rings (SSSR count). The molecule has 0 radical (unpaired) electrons. The van der Waals surface area contributed by atoms with Gasteiger partial charge in [-0.1, -0.05) is 13.3 Å². The summed E-state index contributed by atoms with van der Waals surface area (Å²) < 4.78 is 17.2. The standard InChI is InChI=1S/C23H32N2O4/c1-3-4-6-18-14-21(26)29-23-17(2)22-19(13-20(18)23)15-25(16-28-22)8-5-7-24-9-11-27-12-10-24/h13-14H,3-12,15-16H2,1-2H3/p+2. The van der Waals surface area contributed by atoms with Gasteiger partial charge in [0.05, 0.1) is 26.3 Å². The highest BCUT2D eigenvalue weighted by Crippen LogP contribution is 2.33. The average molecular weight is 403 g/mol. The summed E-state index contributed by atoms with van der Waals surface area (Å²) in [6.45, 7) is 12.2. The normalized spacial score (nSPS) is 19.9. The lowest BCUT2D eigenvalue weighted by atomic mass is 9.98. The first kappa shape index (κ1) is 20.4. The van der Waals surface area contributed by atoms with Crippen LogP contribution in [0.25, 0.3) is 11.0 Å². The van der Waals surface area contributed by atoms with Crippen molar-refractivity contribution < 1.29 is 23.7 Å². The first-order valence-corrected chi connectivity index (χ1v) is 11.1. The number of unbranched alkanes of at least 4 members (excludes halogenated alkanes) is 1. The van der Waals surface area contributed by atoms with E-state index in [0.29, 0.717) is 12.3 Å². The molecule has 1 aromatic carbocycles. The summed E-state index contributed by atoms with van der Waals surface area (Å²) in [5.74, 6) is 0.913. The maximum atomic E-state index is 12.1. The Morgan fingerprint density at radius 2 is 1.86 bits per heavy atom. The largest absolute Gasteiger partial charge is 0.444 e. The van der Waals surface area contributed by atoms with Crippen LogP contribution in [0.5, 0.6) is 5.75 Å². The summed E-state index contributed by atoms with van der Waals surface area (Å²) in [5, 5.41) is 1.08. The minimum atomic E-state index is -0.264. The maximum Gasteiger partial charge on any atom is 0.336 e. The highest BCUT2D eigenvalue weighted by atomic mass is 16.5. The van der Waals surface area contributed by atoms with E-state index in [4.69, 9.17) is 13.9 Å². The third-order valence-electron chi connectivity index (χ3n) is 6.30. The predicted molar refractivity (Wildman–Crippen MR) is 112 cm³/mol. The number of ether oxygens (including phenoxy) is 2. The zero-order valence-electron chi connectivity index (χ0n) is 17.8. The van der Waals surface area contributed by atoms with E-state index < -0.39 is 0 Å². The molecule has 0 saturated carbocycles. The molecule has 1 saturated heterocycles. The SMILES string of the molecule is CCCCc1cc(=O)oc2c(C)c3c(cc12)C[NH+](CCC[NH+]1CCOCC1)CO3. The van der Waals surface area contributed by atoms with E-state index in [1.807, 2.05) is 6.92 Å². The number of hydrogen-bond donors (Lipinski definition) is 2. The summed E-state index contributed by atoms with van der Waals surface area (Å²) >= 11 is 0. The van der Waals surface area contributed by atoms with Crippen molar-refractivity contribution in [2.24, 2.45) is 0 Å². The van der Waals surface area contributed by atoms with Crippen LogP contribution in [0.4, 0.5) is 0 Å². The number of morpholine rings is 1. The average Bonchev–Trinajstić information content (AvgIpc) is 2.73. The van der Waals surface area contributed by atoms with Crippen molar-refractivity contribution in [3.63, 3.8) is 0 Å². The summed E-state index contributed by atoms with van der Waals surface area (Å²) in [7, 11) is 0. The third kappa shape index (κ3) is 4.65. The van der Waals surface area contributed by atoms with E-state index in [1.165, 1.54) is 23.4 Å². The van der Waals surface area contributed by atoms with E-state index in [0.717, 1.165) is 80.9 Å². The van der Waals surface area contributed by atoms with Crippen LogP contribution in [-0.2, 0) is 17.7 Å². The van der Waals surface area contributed by atoms with Gasteiger partial charge in [-0.05, 0) is 31.4 Å². The fourth-order valence-electron chi connectivity index (χ4n) is 4.63. The van der Waals surface area contributed by atoms with Crippen molar-refractivity contribution in [2.75, 3.05) is 46.1 Å². The molecule has 0 aliphatic carbocycles. The van der Waals surface area contributed by atoms with Crippen LogP contribution >= 0.6 is 0 Å². The van der Waals surface area contributed by atoms with Crippen LogP contribution in [0.15, 0.2) is 21.3 Å². The second-order valence-corrected chi connectivity index (χ2v) is 8.49. The van der Waals surface area contributed by atoms with Gasteiger partial charge in [0.25, 0.3) is 0 Å². The van der Waals surface area contributed by atoms with Gasteiger partial charge in [-0.2, -0.15) is 0 Å². The third-order valence-corrected chi connectivity index (χ3v) is 6.30. The molecule has 29 heavy (non-hydrogen) atoms. The Hall–Kier alpha value is -1.89. The van der Waals surface area contributed by atoms with Gasteiger partial charge in [0.1, 0.15) is 31.0 Å². The van der Waals surface area contributed by atoms with Crippen molar-refractivity contribution in [3.8, 4) is 5.75 Å². The van der Waals surface area contributed by atoms with Crippen molar-refractivity contribution >= 4 is 11.0 Å². The Morgan fingerprint density at radius 1 is 1.07 bits per heavy atom. The lowest BCUT2D eigenvalue weighted by molar-refractivity contribution is -0.942. The zero-order chi connectivity index (χ0) is 20.2. The topological polar surface area (TPSA) is 57.5 Å². The second kappa shape index (κ2) is 9.28. The number of benzene rings is 1. The molecule has 0 amide bonds. The number of hydrogen-bond acceptors (Lipinski definition) is 4. The lowest BCUT2D eigenvalue weighted by Crippen LogP contribution is -3.16. The van der Waals surface area contributed by atoms with Gasteiger partial charge in [-0.15, -0.1) is 0 Å². The molecule has 3 heterocycles. The summed E-state index contributed by atoms with van der Waals surface area (Å²) in [6, 6.07) is 3.88. The van der Waals surface area contributed by atoms with Gasteiger partial charge in [0, 0.05) is 29.0 Å². The number of fused-ring (bicyclic) bond motifs is 2. The van der Waals surface area contributed by atoms with Crippen LogP contribution in [0, 0.1) is 6.92 Å². The molecule has 1 aromatic heterocycles. The Kier molecular flexibility index (Phi) is 6.53. The van der Waals surface area contributed by atoms with E-state index in [1.54, 1.807) is 11.0 Å². The van der Waals surface area contributed by atoms with Crippen LogP contribution in [0.1, 0.15) is 42.9 Å². The quantitative estimate of drug-likeness (QED) is 0.662. The molecule has 158 valence electrons. The molecule has 1 unspecified atom stereocenters. The number of nitrogens with one attached hydrogen (secondary N) is 2. The van der Waals surface area contributed by atoms with Crippen molar-refractivity contribution in [1.82, 2.24) is 0 Å². The maximum absolute atomic E-state index is 12.1. The van der Waals surface area contributed by atoms with Crippen LogP contribution in [0.3, 0.4) is 0 Å². The molecule has 1 atom stereocenters. The Balaban J connectivity index is 1.50. The van der Waals surface area contributed by atoms with Gasteiger partial charge in [0.2, 0.25) is 6.73 Å². The van der Waals surface area contributed by atoms with Crippen molar-refractivity contribution in [1.29, 1.82) is 0 Å². The Labute approximate surface area is 172 Å². The van der Waals surface area contributed by atoms with Crippen molar-refractivity contribution in [3.05, 3.63) is 39.2 Å². The summed E-state index contributed by atoms with van der Waals surface area (Å²) in [4.78, 5) is 15.2. The molecular weight excluding hydrogens is 368 g/mol. The molecule has 2 aliphatic rings. The number of rotatable bonds is 7. The highest BCUT2D eigenvalue weighted by Gasteiger charge is 2.25. The van der Waals surface area contributed by atoms with Gasteiger partial charge in [-0.3, -0.25) is 4.90 Å². The molecule has 2 aromatic rings. The monoisotopic (exact) mass is 402 g/mol. The summed E-state index contributed by atoms with van der Waals surface area (Å²) in [6.07, 6.45) is 4.30. The van der Waals surface area contributed by atoms with Gasteiger partial charge in [-0.25, -0.2) is 4.79 Å². The van der Waals surface area contributed by atoms with E-state index >= 15 is 0 Å². The molecule has 2 N–H and O–H groups in total. The molecule has 0 bridgehead atoms. The van der Waals surface area contributed by atoms with Crippen LogP contribution in [0.2, 0.25) is 0 Å². The lowest BCUT2D eigenvalue weighted by Gasteiger charge is -2.29. The van der Waals surface area contributed by atoms with Crippen LogP contribution < -0.4 is 20.2 Å².